The van der Waals surface area contributed by atoms with Gasteiger partial charge in [-0.15, -0.1) is 0 Å². The van der Waals surface area contributed by atoms with Crippen LogP contribution in [0.4, 0.5) is 0 Å². The Morgan fingerprint density at radius 2 is 1.85 bits per heavy atom. The molecule has 2 aromatic rings. The molecule has 3 aliphatic rings. The number of amides is 1. The SMILES string of the molecule is COc1ccc(C=O)cc1-c1ccc(O)c2c1C[C@@H]1C[C@@H]3[C@@H](N(C)C)C(O)C(C(N)=O)C(=O)[C@]3(O)C(=O)C1=C2O. The van der Waals surface area contributed by atoms with Gasteiger partial charge >= 0.3 is 0 Å². The number of carbonyl (C=O) groups excluding carboxylic acids is 4. The molecule has 0 bridgehead atoms. The number of benzene rings is 2. The Labute approximate surface area is 229 Å². The number of ether oxygens (including phenoxy) is 1. The summed E-state index contributed by atoms with van der Waals surface area (Å²) in [4.78, 5) is 52.6. The fourth-order valence-corrected chi connectivity index (χ4v) is 6.87. The van der Waals surface area contributed by atoms with Crippen molar-refractivity contribution in [3.8, 4) is 22.6 Å². The van der Waals surface area contributed by atoms with Crippen molar-refractivity contribution in [2.24, 2.45) is 23.5 Å². The Kier molecular flexibility index (Phi) is 6.56. The number of methoxy groups -OCH3 is 1. The van der Waals surface area contributed by atoms with Crippen LogP contribution in [0.5, 0.6) is 11.5 Å². The Hall–Kier alpha value is -4.06. The van der Waals surface area contributed by atoms with E-state index in [-0.39, 0.29) is 29.7 Å². The first-order valence-corrected chi connectivity index (χ1v) is 12.8. The number of nitrogens with two attached hydrogens (primary N) is 1. The number of fused-ring (bicyclic) bond motifs is 3. The summed E-state index contributed by atoms with van der Waals surface area (Å²) in [6.07, 6.45) is -0.769. The van der Waals surface area contributed by atoms with Crippen LogP contribution in [0.2, 0.25) is 0 Å². The standard InChI is InChI=1S/C29H30N2O9/c1-31(2)23-17-10-13-9-16-14(15-8-12(11-32)4-7-19(15)40-3)5-6-18(33)21(16)24(34)20(13)26(36)29(17,39)27(37)22(25(23)35)28(30)38/h4-8,11,13,17,22-23,25,33-35,39H,9-10H2,1-3H3,(H2,30,38)/t13-,17-,22?,23-,25?,29-/m1/s1. The molecule has 11 heteroatoms. The second kappa shape index (κ2) is 9.54. The first kappa shape index (κ1) is 27.5. The van der Waals surface area contributed by atoms with Crippen LogP contribution in [0.15, 0.2) is 35.9 Å². The number of Topliss-reactive ketones (excluding diaryl/α,β-unsaturated/α-hetero) is 2. The first-order chi connectivity index (χ1) is 18.9. The summed E-state index contributed by atoms with van der Waals surface area (Å²) in [5, 5.41) is 44.9. The lowest BCUT2D eigenvalue weighted by Crippen LogP contribution is -2.73. The van der Waals surface area contributed by atoms with Gasteiger partial charge in [-0.3, -0.25) is 19.2 Å². The van der Waals surface area contributed by atoms with E-state index in [0.29, 0.717) is 34.3 Å². The number of phenolic OH excluding ortho intramolecular Hbond substituents is 1. The van der Waals surface area contributed by atoms with Gasteiger partial charge in [-0.1, -0.05) is 6.07 Å². The molecule has 0 aromatic heterocycles. The maximum atomic E-state index is 14.0. The van der Waals surface area contributed by atoms with Gasteiger partial charge in [0.05, 0.1) is 18.8 Å². The smallest absolute Gasteiger partial charge is 0.230 e. The molecule has 6 atom stereocenters. The van der Waals surface area contributed by atoms with Gasteiger partial charge in [0.1, 0.15) is 29.5 Å². The average molecular weight is 551 g/mol. The molecule has 0 aliphatic heterocycles. The van der Waals surface area contributed by atoms with E-state index in [1.807, 2.05) is 0 Å². The lowest BCUT2D eigenvalue weighted by molar-refractivity contribution is -0.184. The Bertz CT molecular complexity index is 1500. The topological polar surface area (TPSA) is 188 Å². The summed E-state index contributed by atoms with van der Waals surface area (Å²) in [6.45, 7) is 0. The van der Waals surface area contributed by atoms with E-state index in [9.17, 15) is 39.6 Å². The molecule has 2 fully saturated rings. The van der Waals surface area contributed by atoms with Crippen LogP contribution in [-0.2, 0) is 20.8 Å². The maximum absolute atomic E-state index is 14.0. The Morgan fingerprint density at radius 1 is 1.15 bits per heavy atom. The summed E-state index contributed by atoms with van der Waals surface area (Å²) >= 11 is 0. The highest BCUT2D eigenvalue weighted by molar-refractivity contribution is 6.25. The normalized spacial score (nSPS) is 29.5. The quantitative estimate of drug-likeness (QED) is 0.261. The third-order valence-corrected chi connectivity index (χ3v) is 8.62. The van der Waals surface area contributed by atoms with Gasteiger partial charge in [-0.05, 0) is 68.2 Å². The zero-order valence-corrected chi connectivity index (χ0v) is 22.1. The van der Waals surface area contributed by atoms with E-state index < -0.39 is 58.7 Å². The van der Waals surface area contributed by atoms with Gasteiger partial charge in [0, 0.05) is 28.7 Å². The zero-order chi connectivity index (χ0) is 29.3. The van der Waals surface area contributed by atoms with Crippen molar-refractivity contribution in [2.75, 3.05) is 21.2 Å². The van der Waals surface area contributed by atoms with Crippen molar-refractivity contribution in [1.82, 2.24) is 4.90 Å². The minimum atomic E-state index is -2.72. The number of ketones is 2. The second-order valence-corrected chi connectivity index (χ2v) is 10.9. The second-order valence-electron chi connectivity index (χ2n) is 10.9. The predicted octanol–water partition coefficient (Wildman–Crippen LogP) is 0.617. The van der Waals surface area contributed by atoms with Crippen molar-refractivity contribution in [2.45, 2.75) is 30.6 Å². The number of likely N-dealkylation sites (N-methyl/N-ethyl adjacent to an activating group) is 1. The molecule has 0 spiro atoms. The molecule has 0 saturated heterocycles. The Balaban J connectivity index is 1.73. The van der Waals surface area contributed by atoms with Crippen molar-refractivity contribution < 1.29 is 44.3 Å². The molecule has 0 heterocycles. The van der Waals surface area contributed by atoms with Crippen LogP contribution in [0.25, 0.3) is 16.9 Å². The van der Waals surface area contributed by atoms with E-state index in [4.69, 9.17) is 10.5 Å². The molecular weight excluding hydrogens is 520 g/mol. The van der Waals surface area contributed by atoms with E-state index >= 15 is 0 Å². The number of phenols is 1. The number of primary amides is 1. The molecule has 2 aromatic carbocycles. The van der Waals surface area contributed by atoms with Gasteiger partial charge < -0.3 is 35.8 Å². The van der Waals surface area contributed by atoms with E-state index in [1.165, 1.54) is 18.1 Å². The van der Waals surface area contributed by atoms with Crippen molar-refractivity contribution in [1.29, 1.82) is 0 Å². The molecule has 3 aliphatic carbocycles. The summed E-state index contributed by atoms with van der Waals surface area (Å²) < 4.78 is 5.50. The highest BCUT2D eigenvalue weighted by Gasteiger charge is 2.67. The number of aromatic hydroxyl groups is 1. The van der Waals surface area contributed by atoms with Crippen LogP contribution >= 0.6 is 0 Å². The number of hydrogen-bond donors (Lipinski definition) is 5. The van der Waals surface area contributed by atoms with Crippen molar-refractivity contribution in [3.05, 3.63) is 52.6 Å². The number of aliphatic hydroxyl groups is 3. The first-order valence-electron chi connectivity index (χ1n) is 12.8. The van der Waals surface area contributed by atoms with E-state index in [2.05, 4.69) is 0 Å². The highest BCUT2D eigenvalue weighted by atomic mass is 16.5. The fraction of sp³-hybridized carbons (Fsp3) is 0.379. The van der Waals surface area contributed by atoms with Crippen molar-refractivity contribution in [3.63, 3.8) is 0 Å². The van der Waals surface area contributed by atoms with Crippen LogP contribution in [0, 0.1) is 17.8 Å². The monoisotopic (exact) mass is 550 g/mol. The molecule has 0 radical (unpaired) electrons. The lowest BCUT2D eigenvalue weighted by Gasteiger charge is -2.53. The largest absolute Gasteiger partial charge is 0.507 e. The molecule has 6 N–H and O–H groups in total. The maximum Gasteiger partial charge on any atom is 0.230 e. The van der Waals surface area contributed by atoms with Crippen LogP contribution in [-0.4, -0.2) is 88.0 Å². The van der Waals surface area contributed by atoms with Gasteiger partial charge in [0.15, 0.2) is 11.4 Å². The summed E-state index contributed by atoms with van der Waals surface area (Å²) in [5.41, 5.74) is 4.32. The Morgan fingerprint density at radius 3 is 2.45 bits per heavy atom. The van der Waals surface area contributed by atoms with Gasteiger partial charge in [-0.2, -0.15) is 0 Å². The molecule has 40 heavy (non-hydrogen) atoms. The van der Waals surface area contributed by atoms with E-state index in [1.54, 1.807) is 38.4 Å². The van der Waals surface area contributed by atoms with E-state index in [0.717, 1.165) is 0 Å². The summed E-state index contributed by atoms with van der Waals surface area (Å²) in [6, 6.07) is 6.79. The lowest BCUT2D eigenvalue weighted by atomic mass is 9.54. The molecule has 210 valence electrons. The summed E-state index contributed by atoms with van der Waals surface area (Å²) in [5.74, 6) is -7.62. The third-order valence-electron chi connectivity index (χ3n) is 8.62. The fourth-order valence-electron chi connectivity index (χ4n) is 6.87. The molecule has 11 nitrogen and oxygen atoms in total. The van der Waals surface area contributed by atoms with Gasteiger partial charge in [-0.25, -0.2) is 0 Å². The number of carbonyl (C=O) groups is 4. The van der Waals surface area contributed by atoms with Gasteiger partial charge in [0.25, 0.3) is 0 Å². The number of aliphatic hydroxyl groups excluding tert-OH is 2. The molecule has 2 unspecified atom stereocenters. The van der Waals surface area contributed by atoms with Crippen LogP contribution in [0.3, 0.4) is 0 Å². The molecule has 2 saturated carbocycles. The average Bonchev–Trinajstić information content (AvgIpc) is 2.90. The number of hydrogen-bond acceptors (Lipinski definition) is 10. The van der Waals surface area contributed by atoms with Crippen LogP contribution in [0.1, 0.15) is 27.9 Å². The predicted molar refractivity (Wildman–Crippen MR) is 141 cm³/mol. The number of nitrogens with zero attached hydrogens (tertiary/aromatic N) is 1. The molecule has 1 amide bonds. The molecular formula is C29H30N2O9. The third kappa shape index (κ3) is 3.69. The minimum absolute atomic E-state index is 0.00118. The highest BCUT2D eigenvalue weighted by Crippen LogP contribution is 2.53. The minimum Gasteiger partial charge on any atom is -0.507 e. The van der Waals surface area contributed by atoms with Gasteiger partial charge in [0.2, 0.25) is 11.7 Å². The van der Waals surface area contributed by atoms with Crippen molar-refractivity contribution >= 4 is 29.5 Å². The number of rotatable bonds is 5. The summed E-state index contributed by atoms with van der Waals surface area (Å²) in [7, 11) is 4.65. The zero-order valence-electron chi connectivity index (χ0n) is 22.1. The van der Waals surface area contributed by atoms with Crippen LogP contribution < -0.4 is 10.5 Å². The molecule has 5 rings (SSSR count). The number of aldehydes is 1.